The SMILES string of the molecule is N#Cc1c(-c2ccccc2)c(-n2c3ccccc3c3c4oc5ccccc5c4ccc32)c(-n2c3ccccc3c3ccccc32)c(-c2ccccc2)c1-n1c2ccccc2c2ccccc21. The second kappa shape index (κ2) is 13.9. The molecule has 4 aromatic heterocycles. The van der Waals surface area contributed by atoms with Gasteiger partial charge in [0, 0.05) is 48.8 Å². The second-order valence-corrected chi connectivity index (χ2v) is 17.0. The molecule has 0 aliphatic carbocycles. The van der Waals surface area contributed by atoms with Crippen molar-refractivity contribution in [2.45, 2.75) is 0 Å². The van der Waals surface area contributed by atoms with E-state index in [-0.39, 0.29) is 0 Å². The molecule has 0 amide bonds. The Labute approximate surface area is 378 Å². The first-order valence-electron chi connectivity index (χ1n) is 22.3. The van der Waals surface area contributed by atoms with Gasteiger partial charge >= 0.3 is 0 Å². The highest BCUT2D eigenvalue weighted by molar-refractivity contribution is 6.25. The fraction of sp³-hybridized carbons (Fsp3) is 0. The van der Waals surface area contributed by atoms with Crippen LogP contribution in [-0.4, -0.2) is 13.7 Å². The standard InChI is InChI=1S/C61H36N4O/c62-37-47-55(38-19-3-1-4-20-38)59(65-52-33-17-11-28-46(52)57-53(65)36-35-45-44-27-12-18-34-54(44)66-61(45)57)60(64-50-31-15-9-25-42(50)43-26-10-16-32-51(43)64)56(39-21-5-2-6-22-39)58(47)63-48-29-13-7-23-40(48)41-24-8-14-30-49(41)63/h1-36H. The van der Waals surface area contributed by atoms with E-state index in [0.29, 0.717) is 5.56 Å². The van der Waals surface area contributed by atoms with Crippen LogP contribution in [0.4, 0.5) is 0 Å². The number of nitrogens with zero attached hydrogens (tertiary/aromatic N) is 4. The Kier molecular flexibility index (Phi) is 7.69. The van der Waals surface area contributed by atoms with Gasteiger partial charge in [-0.2, -0.15) is 5.26 Å². The number of fused-ring (bicyclic) bond motifs is 13. The molecule has 0 unspecified atom stereocenters. The number of nitriles is 1. The van der Waals surface area contributed by atoms with E-state index in [0.717, 1.165) is 127 Å². The minimum Gasteiger partial charge on any atom is -0.455 e. The lowest BCUT2D eigenvalue weighted by atomic mass is 9.88. The van der Waals surface area contributed by atoms with E-state index < -0.39 is 0 Å². The molecule has 0 aliphatic rings. The Morgan fingerprint density at radius 1 is 0.318 bits per heavy atom. The van der Waals surface area contributed by atoms with Gasteiger partial charge in [0.05, 0.1) is 61.1 Å². The maximum atomic E-state index is 12.2. The van der Waals surface area contributed by atoms with Gasteiger partial charge in [-0.25, -0.2) is 0 Å². The summed E-state index contributed by atoms with van der Waals surface area (Å²) in [6, 6.07) is 80.1. The summed E-state index contributed by atoms with van der Waals surface area (Å²) in [5, 5.41) is 21.0. The van der Waals surface area contributed by atoms with Crippen LogP contribution in [0, 0.1) is 11.3 Å². The molecule has 0 radical (unpaired) electrons. The van der Waals surface area contributed by atoms with Gasteiger partial charge < -0.3 is 18.1 Å². The van der Waals surface area contributed by atoms with Crippen molar-refractivity contribution < 1.29 is 4.42 Å². The number of para-hydroxylation sites is 6. The molecule has 14 rings (SSSR count). The Hall–Kier alpha value is -9.11. The van der Waals surface area contributed by atoms with Crippen molar-refractivity contribution in [3.8, 4) is 45.4 Å². The van der Waals surface area contributed by atoms with Crippen molar-refractivity contribution in [1.29, 1.82) is 5.26 Å². The molecule has 0 saturated carbocycles. The first-order chi connectivity index (χ1) is 32.8. The summed E-state index contributed by atoms with van der Waals surface area (Å²) in [5.41, 5.74) is 14.8. The number of furan rings is 1. The minimum absolute atomic E-state index is 0.571. The lowest BCUT2D eigenvalue weighted by Crippen LogP contribution is -2.13. The quantitative estimate of drug-likeness (QED) is 0.173. The second-order valence-electron chi connectivity index (χ2n) is 17.0. The average molecular weight is 841 g/mol. The third-order valence-electron chi connectivity index (χ3n) is 13.7. The smallest absolute Gasteiger partial charge is 0.145 e. The van der Waals surface area contributed by atoms with Crippen molar-refractivity contribution in [3.63, 3.8) is 0 Å². The van der Waals surface area contributed by atoms with Gasteiger partial charge in [-0.05, 0) is 59.7 Å². The van der Waals surface area contributed by atoms with E-state index in [1.807, 2.05) is 18.2 Å². The van der Waals surface area contributed by atoms with Gasteiger partial charge in [0.2, 0.25) is 0 Å². The van der Waals surface area contributed by atoms with Crippen molar-refractivity contribution in [2.24, 2.45) is 0 Å². The fourth-order valence-electron chi connectivity index (χ4n) is 11.0. The average Bonchev–Trinajstić information content (AvgIpc) is 4.12. The van der Waals surface area contributed by atoms with Gasteiger partial charge in [-0.1, -0.05) is 170 Å². The summed E-state index contributed by atoms with van der Waals surface area (Å²) in [7, 11) is 0. The minimum atomic E-state index is 0.571. The van der Waals surface area contributed by atoms with Crippen molar-refractivity contribution in [3.05, 3.63) is 224 Å². The molecular formula is C61H36N4O. The molecular weight excluding hydrogens is 805 g/mol. The number of hydrogen-bond donors (Lipinski definition) is 0. The monoisotopic (exact) mass is 840 g/mol. The maximum absolute atomic E-state index is 12.2. The molecule has 0 fully saturated rings. The summed E-state index contributed by atoms with van der Waals surface area (Å²) in [5.74, 6) is 0. The predicted octanol–water partition coefficient (Wildman–Crippen LogP) is 16.1. The summed E-state index contributed by atoms with van der Waals surface area (Å²) in [4.78, 5) is 0. The van der Waals surface area contributed by atoms with Crippen LogP contribution in [0.3, 0.4) is 0 Å². The molecule has 0 aliphatic heterocycles. The van der Waals surface area contributed by atoms with E-state index >= 15 is 0 Å². The number of benzene rings is 10. The molecule has 306 valence electrons. The lowest BCUT2D eigenvalue weighted by Gasteiger charge is -2.28. The molecule has 10 aromatic carbocycles. The highest BCUT2D eigenvalue weighted by atomic mass is 16.3. The lowest BCUT2D eigenvalue weighted by molar-refractivity contribution is 0.673. The molecule has 0 saturated heterocycles. The van der Waals surface area contributed by atoms with Crippen LogP contribution in [0.1, 0.15) is 5.56 Å². The van der Waals surface area contributed by atoms with E-state index in [1.54, 1.807) is 0 Å². The van der Waals surface area contributed by atoms with Crippen LogP contribution in [0.5, 0.6) is 0 Å². The molecule has 5 heteroatoms. The maximum Gasteiger partial charge on any atom is 0.145 e. The number of rotatable bonds is 5. The van der Waals surface area contributed by atoms with Crippen LogP contribution in [-0.2, 0) is 0 Å². The summed E-state index contributed by atoms with van der Waals surface area (Å²) in [6.45, 7) is 0. The zero-order valence-corrected chi connectivity index (χ0v) is 35.5. The first kappa shape index (κ1) is 36.4. The summed E-state index contributed by atoms with van der Waals surface area (Å²) >= 11 is 0. The third kappa shape index (κ3) is 4.93. The third-order valence-corrected chi connectivity index (χ3v) is 13.7. The van der Waals surface area contributed by atoms with Crippen molar-refractivity contribution in [2.75, 3.05) is 0 Å². The topological polar surface area (TPSA) is 51.7 Å². The molecule has 0 atom stereocenters. The normalized spacial score (nSPS) is 11.9. The number of aromatic nitrogens is 3. The molecule has 4 heterocycles. The Bertz CT molecular complexity index is 4240. The van der Waals surface area contributed by atoms with Crippen molar-refractivity contribution >= 4 is 87.4 Å². The van der Waals surface area contributed by atoms with Crippen LogP contribution >= 0.6 is 0 Å². The fourth-order valence-corrected chi connectivity index (χ4v) is 11.0. The summed E-state index contributed by atoms with van der Waals surface area (Å²) in [6.07, 6.45) is 0. The predicted molar refractivity (Wildman–Crippen MR) is 272 cm³/mol. The zero-order valence-electron chi connectivity index (χ0n) is 35.5. The Morgan fingerprint density at radius 2 is 0.712 bits per heavy atom. The van der Waals surface area contributed by atoms with E-state index in [4.69, 9.17) is 4.42 Å². The molecule has 0 N–H and O–H groups in total. The summed E-state index contributed by atoms with van der Waals surface area (Å²) < 4.78 is 14.1. The molecule has 0 spiro atoms. The van der Waals surface area contributed by atoms with Crippen LogP contribution in [0.25, 0.3) is 127 Å². The van der Waals surface area contributed by atoms with E-state index in [2.05, 4.69) is 220 Å². The van der Waals surface area contributed by atoms with E-state index in [1.165, 1.54) is 0 Å². The zero-order chi connectivity index (χ0) is 43.5. The highest BCUT2D eigenvalue weighted by Crippen LogP contribution is 2.52. The van der Waals surface area contributed by atoms with Gasteiger partial charge in [-0.3, -0.25) is 0 Å². The van der Waals surface area contributed by atoms with Gasteiger partial charge in [-0.15, -0.1) is 0 Å². The van der Waals surface area contributed by atoms with Crippen LogP contribution in [0.15, 0.2) is 223 Å². The van der Waals surface area contributed by atoms with Gasteiger partial charge in [0.25, 0.3) is 0 Å². The van der Waals surface area contributed by atoms with E-state index in [9.17, 15) is 5.26 Å². The number of hydrogen-bond acceptors (Lipinski definition) is 2. The van der Waals surface area contributed by atoms with Crippen molar-refractivity contribution in [1.82, 2.24) is 13.7 Å². The van der Waals surface area contributed by atoms with Crippen LogP contribution < -0.4 is 0 Å². The molecule has 66 heavy (non-hydrogen) atoms. The Balaban J connectivity index is 1.32. The van der Waals surface area contributed by atoms with Crippen LogP contribution in [0.2, 0.25) is 0 Å². The highest BCUT2D eigenvalue weighted by Gasteiger charge is 2.34. The molecule has 0 bridgehead atoms. The largest absolute Gasteiger partial charge is 0.455 e. The van der Waals surface area contributed by atoms with Gasteiger partial charge in [0.1, 0.15) is 17.2 Å². The Morgan fingerprint density at radius 3 is 1.24 bits per heavy atom. The first-order valence-corrected chi connectivity index (χ1v) is 22.3. The molecule has 14 aromatic rings. The van der Waals surface area contributed by atoms with Gasteiger partial charge in [0.15, 0.2) is 0 Å². The molecule has 5 nitrogen and oxygen atoms in total.